The molecule has 5 heteroatoms. The number of thioether (sulfide) groups is 1. The standard InChI is InChI=1S/C22H34O4S/c1-21(2,17-27-15-14-24)11-7-12-22(3,16-25)19-10-5-8-18(9-6-13-23)20(19)26-4/h5,8,10,13,16,24H,6-7,9,11-12,14-15,17H2,1-4H3. The van der Waals surface area contributed by atoms with Crippen molar-refractivity contribution in [3.8, 4) is 5.75 Å². The van der Waals surface area contributed by atoms with Crippen LogP contribution in [0.15, 0.2) is 18.2 Å². The van der Waals surface area contributed by atoms with Crippen molar-refractivity contribution in [2.75, 3.05) is 25.2 Å². The molecule has 0 aliphatic heterocycles. The van der Waals surface area contributed by atoms with Crippen molar-refractivity contribution in [1.29, 1.82) is 0 Å². The van der Waals surface area contributed by atoms with Crippen molar-refractivity contribution >= 4 is 24.3 Å². The molecule has 1 aromatic rings. The molecular formula is C22H34O4S. The Hall–Kier alpha value is -1.33. The Labute approximate surface area is 168 Å². The van der Waals surface area contributed by atoms with E-state index in [4.69, 9.17) is 9.84 Å². The van der Waals surface area contributed by atoms with Crippen LogP contribution in [-0.4, -0.2) is 42.9 Å². The van der Waals surface area contributed by atoms with Crippen LogP contribution in [-0.2, 0) is 21.4 Å². The zero-order valence-corrected chi connectivity index (χ0v) is 17.9. The largest absolute Gasteiger partial charge is 0.496 e. The predicted molar refractivity (Wildman–Crippen MR) is 113 cm³/mol. The normalized spacial score (nSPS) is 13.8. The Morgan fingerprint density at radius 3 is 2.52 bits per heavy atom. The van der Waals surface area contributed by atoms with Gasteiger partial charge >= 0.3 is 0 Å². The first kappa shape index (κ1) is 23.7. The number of hydrogen-bond donors (Lipinski definition) is 1. The van der Waals surface area contributed by atoms with E-state index in [-0.39, 0.29) is 12.0 Å². The van der Waals surface area contributed by atoms with E-state index in [2.05, 4.69) is 13.8 Å². The molecule has 0 spiro atoms. The molecule has 4 nitrogen and oxygen atoms in total. The fourth-order valence-corrected chi connectivity index (χ4v) is 4.33. The van der Waals surface area contributed by atoms with E-state index in [0.717, 1.165) is 60.2 Å². The molecule has 1 N–H and O–H groups in total. The number of para-hydroxylation sites is 1. The van der Waals surface area contributed by atoms with Crippen LogP contribution in [0.1, 0.15) is 57.6 Å². The highest BCUT2D eigenvalue weighted by Gasteiger charge is 2.31. The molecule has 0 saturated heterocycles. The number of carbonyl (C=O) groups is 2. The van der Waals surface area contributed by atoms with Crippen LogP contribution >= 0.6 is 11.8 Å². The second kappa shape index (κ2) is 11.5. The topological polar surface area (TPSA) is 63.6 Å². The van der Waals surface area contributed by atoms with Gasteiger partial charge in [-0.2, -0.15) is 11.8 Å². The zero-order chi connectivity index (χ0) is 20.3. The van der Waals surface area contributed by atoms with Crippen molar-refractivity contribution in [1.82, 2.24) is 0 Å². The Morgan fingerprint density at radius 2 is 1.93 bits per heavy atom. The molecule has 0 heterocycles. The van der Waals surface area contributed by atoms with E-state index in [1.165, 1.54) is 0 Å². The number of methoxy groups -OCH3 is 1. The van der Waals surface area contributed by atoms with E-state index in [9.17, 15) is 9.59 Å². The summed E-state index contributed by atoms with van der Waals surface area (Å²) >= 11 is 1.77. The first-order valence-electron chi connectivity index (χ1n) is 9.58. The first-order chi connectivity index (χ1) is 12.8. The third-order valence-electron chi connectivity index (χ3n) is 4.99. The number of aliphatic hydroxyl groups excluding tert-OH is 1. The van der Waals surface area contributed by atoms with Crippen LogP contribution in [0.3, 0.4) is 0 Å². The van der Waals surface area contributed by atoms with Crippen molar-refractivity contribution < 1.29 is 19.4 Å². The summed E-state index contributed by atoms with van der Waals surface area (Å²) in [5.41, 5.74) is 1.42. The highest BCUT2D eigenvalue weighted by molar-refractivity contribution is 7.99. The number of aliphatic hydroxyl groups is 1. The highest BCUT2D eigenvalue weighted by Crippen LogP contribution is 2.38. The molecule has 0 saturated carbocycles. The minimum Gasteiger partial charge on any atom is -0.496 e. The maximum Gasteiger partial charge on any atom is 0.130 e. The molecule has 27 heavy (non-hydrogen) atoms. The van der Waals surface area contributed by atoms with Crippen molar-refractivity contribution in [3.63, 3.8) is 0 Å². The Morgan fingerprint density at radius 1 is 1.19 bits per heavy atom. The lowest BCUT2D eigenvalue weighted by Crippen LogP contribution is -2.26. The van der Waals surface area contributed by atoms with Gasteiger partial charge in [0.15, 0.2) is 0 Å². The fraction of sp³-hybridized carbons (Fsp3) is 0.636. The minimum absolute atomic E-state index is 0.166. The molecule has 1 atom stereocenters. The van der Waals surface area contributed by atoms with Gasteiger partial charge in [0.2, 0.25) is 0 Å². The molecule has 0 aliphatic rings. The van der Waals surface area contributed by atoms with Gasteiger partial charge < -0.3 is 19.4 Å². The molecular weight excluding hydrogens is 360 g/mol. The summed E-state index contributed by atoms with van der Waals surface area (Å²) in [4.78, 5) is 22.8. The number of carbonyl (C=O) groups excluding carboxylic acids is 2. The number of aryl methyl sites for hydroxylation is 1. The molecule has 1 aromatic carbocycles. The molecule has 0 aromatic heterocycles. The molecule has 152 valence electrons. The number of ether oxygens (including phenoxy) is 1. The number of benzene rings is 1. The summed E-state index contributed by atoms with van der Waals surface area (Å²) in [6.07, 6.45) is 5.69. The lowest BCUT2D eigenvalue weighted by Gasteiger charge is -2.29. The van der Waals surface area contributed by atoms with Gasteiger partial charge in [0, 0.05) is 17.7 Å². The smallest absolute Gasteiger partial charge is 0.130 e. The van der Waals surface area contributed by atoms with Crippen LogP contribution in [0.5, 0.6) is 5.75 Å². The van der Waals surface area contributed by atoms with E-state index in [1.807, 2.05) is 25.1 Å². The number of aldehydes is 2. The number of hydrogen-bond acceptors (Lipinski definition) is 5. The van der Waals surface area contributed by atoms with Crippen molar-refractivity contribution in [2.45, 2.75) is 58.3 Å². The van der Waals surface area contributed by atoms with Crippen molar-refractivity contribution in [2.24, 2.45) is 5.41 Å². The monoisotopic (exact) mass is 394 g/mol. The predicted octanol–water partition coefficient (Wildman–Crippen LogP) is 4.21. The third kappa shape index (κ3) is 7.30. The SMILES string of the molecule is COc1c(CCC=O)cccc1C(C)(C=O)CCCC(C)(C)CSCCO. The van der Waals surface area contributed by atoms with Crippen LogP contribution in [0.4, 0.5) is 0 Å². The maximum absolute atomic E-state index is 12.0. The zero-order valence-electron chi connectivity index (χ0n) is 17.1. The quantitative estimate of drug-likeness (QED) is 0.378. The van der Waals surface area contributed by atoms with Crippen LogP contribution < -0.4 is 4.74 Å². The van der Waals surface area contributed by atoms with Gasteiger partial charge in [-0.25, -0.2) is 0 Å². The lowest BCUT2D eigenvalue weighted by molar-refractivity contribution is -0.112. The minimum atomic E-state index is -0.614. The van der Waals surface area contributed by atoms with E-state index < -0.39 is 5.41 Å². The Bertz CT molecular complexity index is 600. The average Bonchev–Trinajstić information content (AvgIpc) is 2.65. The summed E-state index contributed by atoms with van der Waals surface area (Å²) in [6.45, 7) is 6.64. The Balaban J connectivity index is 2.88. The van der Waals surface area contributed by atoms with E-state index in [1.54, 1.807) is 18.9 Å². The van der Waals surface area contributed by atoms with Gasteiger partial charge in [-0.3, -0.25) is 0 Å². The fourth-order valence-electron chi connectivity index (χ4n) is 3.36. The summed E-state index contributed by atoms with van der Waals surface area (Å²) in [6, 6.07) is 5.85. The molecule has 0 amide bonds. The van der Waals surface area contributed by atoms with Crippen LogP contribution in [0, 0.1) is 5.41 Å². The van der Waals surface area contributed by atoms with Gasteiger partial charge in [0.25, 0.3) is 0 Å². The molecule has 0 radical (unpaired) electrons. The summed E-state index contributed by atoms with van der Waals surface area (Å²) < 4.78 is 5.63. The van der Waals surface area contributed by atoms with Gasteiger partial charge in [0.05, 0.1) is 19.1 Å². The van der Waals surface area contributed by atoms with Gasteiger partial charge in [0.1, 0.15) is 18.3 Å². The Kier molecular flexibility index (Phi) is 10.1. The second-order valence-corrected chi connectivity index (χ2v) is 9.14. The summed E-state index contributed by atoms with van der Waals surface area (Å²) in [5, 5.41) is 8.94. The summed E-state index contributed by atoms with van der Waals surface area (Å²) in [5.74, 6) is 2.49. The second-order valence-electron chi connectivity index (χ2n) is 8.03. The number of rotatable bonds is 14. The lowest BCUT2D eigenvalue weighted by atomic mass is 9.76. The van der Waals surface area contributed by atoms with Gasteiger partial charge in [-0.1, -0.05) is 38.5 Å². The van der Waals surface area contributed by atoms with Crippen molar-refractivity contribution in [3.05, 3.63) is 29.3 Å². The first-order valence-corrected chi connectivity index (χ1v) is 10.7. The maximum atomic E-state index is 12.0. The highest BCUT2D eigenvalue weighted by atomic mass is 32.2. The van der Waals surface area contributed by atoms with Gasteiger partial charge in [-0.15, -0.1) is 0 Å². The molecule has 1 rings (SSSR count). The average molecular weight is 395 g/mol. The molecule has 0 bridgehead atoms. The summed E-state index contributed by atoms with van der Waals surface area (Å²) in [7, 11) is 1.62. The van der Waals surface area contributed by atoms with Gasteiger partial charge in [-0.05, 0) is 42.9 Å². The molecule has 0 aliphatic carbocycles. The van der Waals surface area contributed by atoms with E-state index in [0.29, 0.717) is 12.8 Å². The molecule has 0 fully saturated rings. The third-order valence-corrected chi connectivity index (χ3v) is 6.44. The van der Waals surface area contributed by atoms with E-state index >= 15 is 0 Å². The molecule has 1 unspecified atom stereocenters. The van der Waals surface area contributed by atoms with Crippen LogP contribution in [0.2, 0.25) is 0 Å². The van der Waals surface area contributed by atoms with Crippen LogP contribution in [0.25, 0.3) is 0 Å².